The van der Waals surface area contributed by atoms with Gasteiger partial charge in [-0.25, -0.2) is 4.98 Å². The summed E-state index contributed by atoms with van der Waals surface area (Å²) in [5.74, 6) is -0.967. The molecule has 126 valence electrons. The molecule has 0 bridgehead atoms. The van der Waals surface area contributed by atoms with Gasteiger partial charge in [0.1, 0.15) is 11.4 Å². The zero-order valence-electron chi connectivity index (χ0n) is 13.9. The van der Waals surface area contributed by atoms with Gasteiger partial charge >= 0.3 is 5.97 Å². The summed E-state index contributed by atoms with van der Waals surface area (Å²) >= 11 is 0. The van der Waals surface area contributed by atoms with E-state index in [1.807, 2.05) is 31.2 Å². The normalized spacial score (nSPS) is 10.4. The molecule has 5 nitrogen and oxygen atoms in total. The number of ether oxygens (including phenoxy) is 1. The number of benzene rings is 1. The summed E-state index contributed by atoms with van der Waals surface area (Å²) in [7, 11) is 0. The Hall–Kier alpha value is -2.69. The molecule has 1 aromatic heterocycles. The quantitative estimate of drug-likeness (QED) is 0.624. The number of carbonyl (C=O) groups is 2. The Morgan fingerprint density at radius 2 is 1.88 bits per heavy atom. The number of aryl methyl sites for hydroxylation is 1. The zero-order valence-corrected chi connectivity index (χ0v) is 13.9. The standard InChI is InChI=1S/C19H21NO4/c1-3-24-18(23)11-10-17(22)19-16(21)9-8-15(20-19)12-14-7-5-4-6-13(14)2/h4-9,21H,3,10-12H2,1-2H3. The SMILES string of the molecule is CCOC(=O)CCC(=O)c1nc(Cc2ccccc2C)ccc1O. The van der Waals surface area contributed by atoms with Crippen LogP contribution in [0.15, 0.2) is 36.4 Å². The van der Waals surface area contributed by atoms with Gasteiger partial charge < -0.3 is 9.84 Å². The van der Waals surface area contributed by atoms with E-state index >= 15 is 0 Å². The number of aromatic nitrogens is 1. The topological polar surface area (TPSA) is 76.5 Å². The van der Waals surface area contributed by atoms with Crippen molar-refractivity contribution >= 4 is 11.8 Å². The minimum Gasteiger partial charge on any atom is -0.506 e. The summed E-state index contributed by atoms with van der Waals surface area (Å²) in [6.07, 6.45) is 0.522. The highest BCUT2D eigenvalue weighted by molar-refractivity contribution is 5.98. The van der Waals surface area contributed by atoms with Crippen molar-refractivity contribution in [3.8, 4) is 5.75 Å². The first-order chi connectivity index (χ1) is 11.5. The number of nitrogens with zero attached hydrogens (tertiary/aromatic N) is 1. The lowest BCUT2D eigenvalue weighted by atomic mass is 10.0. The van der Waals surface area contributed by atoms with Gasteiger partial charge in [0.15, 0.2) is 5.78 Å². The molecule has 0 radical (unpaired) electrons. The number of hydrogen-bond donors (Lipinski definition) is 1. The molecule has 2 aromatic rings. The first kappa shape index (κ1) is 17.7. The maximum Gasteiger partial charge on any atom is 0.306 e. The van der Waals surface area contributed by atoms with Crippen LogP contribution in [0.2, 0.25) is 0 Å². The molecule has 24 heavy (non-hydrogen) atoms. The van der Waals surface area contributed by atoms with Crippen molar-refractivity contribution < 1.29 is 19.4 Å². The number of pyridine rings is 1. The predicted octanol–water partition coefficient (Wildman–Crippen LogP) is 3.21. The fourth-order valence-corrected chi connectivity index (χ4v) is 2.37. The van der Waals surface area contributed by atoms with Gasteiger partial charge in [0.25, 0.3) is 0 Å². The second-order valence-corrected chi connectivity index (χ2v) is 5.50. The van der Waals surface area contributed by atoms with Gasteiger partial charge in [0, 0.05) is 18.5 Å². The minimum absolute atomic E-state index is 0.00498. The van der Waals surface area contributed by atoms with Crippen LogP contribution in [-0.2, 0) is 16.0 Å². The molecule has 0 aliphatic heterocycles. The Morgan fingerprint density at radius 1 is 1.12 bits per heavy atom. The average Bonchev–Trinajstić information content (AvgIpc) is 2.56. The molecule has 0 saturated carbocycles. The van der Waals surface area contributed by atoms with Crippen molar-refractivity contribution in [2.45, 2.75) is 33.1 Å². The van der Waals surface area contributed by atoms with Crippen molar-refractivity contribution in [3.05, 3.63) is 58.9 Å². The Kier molecular flexibility index (Phi) is 6.07. The largest absolute Gasteiger partial charge is 0.506 e. The minimum atomic E-state index is -0.429. The third-order valence-electron chi connectivity index (χ3n) is 3.69. The smallest absolute Gasteiger partial charge is 0.306 e. The molecule has 0 spiro atoms. The van der Waals surface area contributed by atoms with E-state index in [0.717, 1.165) is 11.1 Å². The maximum atomic E-state index is 12.2. The van der Waals surface area contributed by atoms with Crippen LogP contribution in [0.25, 0.3) is 0 Å². The van der Waals surface area contributed by atoms with Crippen LogP contribution < -0.4 is 0 Å². The number of Topliss-reactive ketones (excluding diaryl/α,β-unsaturated/α-hetero) is 1. The third kappa shape index (κ3) is 4.65. The monoisotopic (exact) mass is 327 g/mol. The highest BCUT2D eigenvalue weighted by Gasteiger charge is 2.16. The van der Waals surface area contributed by atoms with Crippen molar-refractivity contribution in [2.75, 3.05) is 6.61 Å². The molecule has 0 aliphatic carbocycles. The van der Waals surface area contributed by atoms with E-state index in [0.29, 0.717) is 12.1 Å². The lowest BCUT2D eigenvalue weighted by Gasteiger charge is -2.08. The number of carbonyl (C=O) groups excluding carboxylic acids is 2. The number of ketones is 1. The van der Waals surface area contributed by atoms with Crippen LogP contribution in [-0.4, -0.2) is 28.4 Å². The molecule has 0 amide bonds. The molecule has 2 rings (SSSR count). The molecular weight excluding hydrogens is 306 g/mol. The summed E-state index contributed by atoms with van der Waals surface area (Å²) in [5, 5.41) is 9.90. The van der Waals surface area contributed by atoms with Gasteiger partial charge in [-0.1, -0.05) is 24.3 Å². The second-order valence-electron chi connectivity index (χ2n) is 5.50. The van der Waals surface area contributed by atoms with Gasteiger partial charge in [0.05, 0.1) is 13.0 Å². The van der Waals surface area contributed by atoms with Crippen LogP contribution in [0.5, 0.6) is 5.75 Å². The van der Waals surface area contributed by atoms with Crippen molar-refractivity contribution in [1.82, 2.24) is 4.98 Å². The fraction of sp³-hybridized carbons (Fsp3) is 0.316. The number of rotatable bonds is 7. The van der Waals surface area contributed by atoms with Gasteiger partial charge in [-0.3, -0.25) is 9.59 Å². The van der Waals surface area contributed by atoms with Crippen molar-refractivity contribution in [2.24, 2.45) is 0 Å². The zero-order chi connectivity index (χ0) is 17.5. The van der Waals surface area contributed by atoms with Crippen LogP contribution in [0.3, 0.4) is 0 Å². The molecule has 5 heteroatoms. The van der Waals surface area contributed by atoms with Crippen LogP contribution >= 0.6 is 0 Å². The first-order valence-electron chi connectivity index (χ1n) is 7.93. The van der Waals surface area contributed by atoms with Gasteiger partial charge in [-0.05, 0) is 37.1 Å². The van der Waals surface area contributed by atoms with Gasteiger partial charge in [-0.15, -0.1) is 0 Å². The number of hydrogen-bond acceptors (Lipinski definition) is 5. The molecule has 0 atom stereocenters. The summed E-state index contributed by atoms with van der Waals surface area (Å²) in [5.41, 5.74) is 2.95. The van der Waals surface area contributed by atoms with E-state index in [1.54, 1.807) is 13.0 Å². The first-order valence-corrected chi connectivity index (χ1v) is 7.93. The van der Waals surface area contributed by atoms with E-state index in [1.165, 1.54) is 6.07 Å². The Bertz CT molecular complexity index is 740. The second kappa shape index (κ2) is 8.24. The molecule has 0 unspecified atom stereocenters. The molecule has 1 aromatic carbocycles. The summed E-state index contributed by atoms with van der Waals surface area (Å²) in [6.45, 7) is 4.01. The number of esters is 1. The Labute approximate surface area is 141 Å². The third-order valence-corrected chi connectivity index (χ3v) is 3.69. The summed E-state index contributed by atoms with van der Waals surface area (Å²) in [4.78, 5) is 27.8. The molecule has 1 N–H and O–H groups in total. The molecule has 0 aliphatic rings. The molecule has 0 fully saturated rings. The Balaban J connectivity index is 2.12. The molecular formula is C19H21NO4. The van der Waals surface area contributed by atoms with Crippen LogP contribution in [0.4, 0.5) is 0 Å². The van der Waals surface area contributed by atoms with E-state index < -0.39 is 5.97 Å². The summed E-state index contributed by atoms with van der Waals surface area (Å²) < 4.78 is 4.80. The maximum absolute atomic E-state index is 12.2. The van der Waals surface area contributed by atoms with E-state index in [-0.39, 0.29) is 36.7 Å². The number of aromatic hydroxyl groups is 1. The molecule has 0 saturated heterocycles. The Morgan fingerprint density at radius 3 is 2.58 bits per heavy atom. The van der Waals surface area contributed by atoms with Gasteiger partial charge in [-0.2, -0.15) is 0 Å². The molecule has 1 heterocycles. The fourth-order valence-electron chi connectivity index (χ4n) is 2.37. The average molecular weight is 327 g/mol. The predicted molar refractivity (Wildman–Crippen MR) is 90.1 cm³/mol. The lowest BCUT2D eigenvalue weighted by Crippen LogP contribution is -2.10. The van der Waals surface area contributed by atoms with Crippen molar-refractivity contribution in [3.63, 3.8) is 0 Å². The summed E-state index contributed by atoms with van der Waals surface area (Å²) in [6, 6.07) is 11.1. The highest BCUT2D eigenvalue weighted by atomic mass is 16.5. The van der Waals surface area contributed by atoms with Crippen LogP contribution in [0, 0.1) is 6.92 Å². The van der Waals surface area contributed by atoms with E-state index in [9.17, 15) is 14.7 Å². The van der Waals surface area contributed by atoms with E-state index in [2.05, 4.69) is 4.98 Å². The lowest BCUT2D eigenvalue weighted by molar-refractivity contribution is -0.143. The van der Waals surface area contributed by atoms with Crippen LogP contribution in [0.1, 0.15) is 47.1 Å². The highest BCUT2D eigenvalue weighted by Crippen LogP contribution is 2.20. The van der Waals surface area contributed by atoms with Gasteiger partial charge in [0.2, 0.25) is 0 Å². The van der Waals surface area contributed by atoms with Crippen molar-refractivity contribution in [1.29, 1.82) is 0 Å². The van der Waals surface area contributed by atoms with E-state index in [4.69, 9.17) is 4.74 Å².